The van der Waals surface area contributed by atoms with Gasteiger partial charge < -0.3 is 4.74 Å². The SMILES string of the molecule is O=Cc1ccc(Br)cc1-c1ccc(C2CO2)cc1. The van der Waals surface area contributed by atoms with Gasteiger partial charge in [-0.1, -0.05) is 40.2 Å². The van der Waals surface area contributed by atoms with Gasteiger partial charge in [-0.2, -0.15) is 0 Å². The van der Waals surface area contributed by atoms with Crippen LogP contribution in [0.1, 0.15) is 22.0 Å². The van der Waals surface area contributed by atoms with E-state index in [1.807, 2.05) is 30.3 Å². The fraction of sp³-hybridized carbons (Fsp3) is 0.133. The fourth-order valence-electron chi connectivity index (χ4n) is 2.00. The van der Waals surface area contributed by atoms with Gasteiger partial charge in [0.25, 0.3) is 0 Å². The van der Waals surface area contributed by atoms with Gasteiger partial charge in [-0.05, 0) is 34.9 Å². The lowest BCUT2D eigenvalue weighted by atomic mass is 9.99. The zero-order chi connectivity index (χ0) is 12.5. The van der Waals surface area contributed by atoms with E-state index in [0.29, 0.717) is 5.56 Å². The van der Waals surface area contributed by atoms with Crippen LogP contribution in [-0.2, 0) is 4.74 Å². The van der Waals surface area contributed by atoms with Crippen molar-refractivity contribution in [2.75, 3.05) is 6.61 Å². The van der Waals surface area contributed by atoms with Gasteiger partial charge in [0.15, 0.2) is 6.29 Å². The summed E-state index contributed by atoms with van der Waals surface area (Å²) in [4.78, 5) is 11.1. The average Bonchev–Trinajstić information content (AvgIpc) is 3.23. The molecule has 90 valence electrons. The highest BCUT2D eigenvalue weighted by Gasteiger charge is 2.24. The number of benzene rings is 2. The van der Waals surface area contributed by atoms with Gasteiger partial charge in [0.05, 0.1) is 6.61 Å². The number of ether oxygens (including phenoxy) is 1. The quantitative estimate of drug-likeness (QED) is 0.633. The van der Waals surface area contributed by atoms with Crippen LogP contribution in [0.25, 0.3) is 11.1 Å². The predicted octanol–water partition coefficient (Wildman–Crippen LogP) is 4.00. The molecule has 0 N–H and O–H groups in total. The zero-order valence-corrected chi connectivity index (χ0v) is 11.2. The van der Waals surface area contributed by atoms with Crippen LogP contribution in [0, 0.1) is 0 Å². The van der Waals surface area contributed by atoms with Crippen LogP contribution in [0.5, 0.6) is 0 Å². The Balaban J connectivity index is 2.02. The Morgan fingerprint density at radius 3 is 2.50 bits per heavy atom. The monoisotopic (exact) mass is 302 g/mol. The molecule has 3 rings (SSSR count). The van der Waals surface area contributed by atoms with Crippen molar-refractivity contribution in [1.29, 1.82) is 0 Å². The maximum atomic E-state index is 11.1. The van der Waals surface area contributed by atoms with Crippen LogP contribution in [0.4, 0.5) is 0 Å². The second kappa shape index (κ2) is 4.67. The van der Waals surface area contributed by atoms with E-state index in [4.69, 9.17) is 4.74 Å². The maximum Gasteiger partial charge on any atom is 0.150 e. The number of hydrogen-bond acceptors (Lipinski definition) is 2. The summed E-state index contributed by atoms with van der Waals surface area (Å²) in [6.07, 6.45) is 1.16. The van der Waals surface area contributed by atoms with E-state index in [1.165, 1.54) is 5.56 Å². The number of halogens is 1. The minimum atomic E-state index is 0.270. The van der Waals surface area contributed by atoms with Gasteiger partial charge in [0, 0.05) is 10.0 Å². The number of carbonyl (C=O) groups excluding carboxylic acids is 1. The molecule has 0 bridgehead atoms. The highest BCUT2D eigenvalue weighted by Crippen LogP contribution is 2.32. The van der Waals surface area contributed by atoms with Crippen LogP contribution in [-0.4, -0.2) is 12.9 Å². The van der Waals surface area contributed by atoms with Crippen LogP contribution in [0.3, 0.4) is 0 Å². The molecule has 0 radical (unpaired) electrons. The summed E-state index contributed by atoms with van der Waals surface area (Å²) < 4.78 is 6.21. The van der Waals surface area contributed by atoms with Gasteiger partial charge in [0.2, 0.25) is 0 Å². The second-order valence-corrected chi connectivity index (χ2v) is 5.21. The van der Waals surface area contributed by atoms with Crippen molar-refractivity contribution in [2.24, 2.45) is 0 Å². The van der Waals surface area contributed by atoms with Crippen molar-refractivity contribution >= 4 is 22.2 Å². The molecule has 1 fully saturated rings. The lowest BCUT2D eigenvalue weighted by molar-refractivity contribution is 0.112. The zero-order valence-electron chi connectivity index (χ0n) is 9.60. The molecule has 1 aliphatic rings. The molecule has 0 aromatic heterocycles. The summed E-state index contributed by atoms with van der Waals surface area (Å²) in [7, 11) is 0. The first kappa shape index (κ1) is 11.6. The molecular formula is C15H11BrO2. The number of epoxide rings is 1. The van der Waals surface area contributed by atoms with E-state index >= 15 is 0 Å². The molecule has 3 heteroatoms. The molecule has 2 aromatic carbocycles. The minimum absolute atomic E-state index is 0.270. The average molecular weight is 303 g/mol. The number of rotatable bonds is 3. The molecule has 0 amide bonds. The Hall–Kier alpha value is -1.45. The molecule has 1 heterocycles. The molecule has 1 unspecified atom stereocenters. The Bertz CT molecular complexity index is 586. The van der Waals surface area contributed by atoms with Crippen LogP contribution in [0.15, 0.2) is 46.9 Å². The highest BCUT2D eigenvalue weighted by atomic mass is 79.9. The summed E-state index contributed by atoms with van der Waals surface area (Å²) >= 11 is 3.43. The highest BCUT2D eigenvalue weighted by molar-refractivity contribution is 9.10. The predicted molar refractivity (Wildman–Crippen MR) is 73.7 cm³/mol. The Morgan fingerprint density at radius 1 is 1.17 bits per heavy atom. The molecule has 1 atom stereocenters. The fourth-order valence-corrected chi connectivity index (χ4v) is 2.36. The summed E-state index contributed by atoms with van der Waals surface area (Å²) in [5.74, 6) is 0. The largest absolute Gasteiger partial charge is 0.368 e. The van der Waals surface area contributed by atoms with Crippen molar-refractivity contribution in [3.63, 3.8) is 0 Å². The number of aldehydes is 1. The Labute approximate surface area is 114 Å². The molecular weight excluding hydrogens is 292 g/mol. The third kappa shape index (κ3) is 2.24. The van der Waals surface area contributed by atoms with Crippen molar-refractivity contribution in [2.45, 2.75) is 6.10 Å². The van der Waals surface area contributed by atoms with E-state index < -0.39 is 0 Å². The molecule has 0 spiro atoms. The van der Waals surface area contributed by atoms with Gasteiger partial charge in [0.1, 0.15) is 6.10 Å². The van der Waals surface area contributed by atoms with E-state index in [9.17, 15) is 4.79 Å². The van der Waals surface area contributed by atoms with Gasteiger partial charge in [-0.3, -0.25) is 4.79 Å². The Kier molecular flexibility index (Phi) is 3.02. The molecule has 1 aliphatic heterocycles. The summed E-state index contributed by atoms with van der Waals surface area (Å²) in [6.45, 7) is 0.815. The molecule has 2 nitrogen and oxygen atoms in total. The van der Waals surface area contributed by atoms with E-state index in [2.05, 4.69) is 28.1 Å². The first-order valence-corrected chi connectivity index (χ1v) is 6.54. The van der Waals surface area contributed by atoms with Crippen LogP contribution in [0.2, 0.25) is 0 Å². The van der Waals surface area contributed by atoms with Crippen molar-refractivity contribution < 1.29 is 9.53 Å². The minimum Gasteiger partial charge on any atom is -0.368 e. The summed E-state index contributed by atoms with van der Waals surface area (Å²) in [5.41, 5.74) is 3.89. The van der Waals surface area contributed by atoms with Crippen LogP contribution >= 0.6 is 15.9 Å². The standard InChI is InChI=1S/C15H11BrO2/c16-13-6-5-12(8-17)14(7-13)10-1-3-11(4-2-10)15-9-18-15/h1-8,15H,9H2. The third-order valence-corrected chi connectivity index (χ3v) is 3.56. The van der Waals surface area contributed by atoms with Gasteiger partial charge >= 0.3 is 0 Å². The number of hydrogen-bond donors (Lipinski definition) is 0. The van der Waals surface area contributed by atoms with E-state index in [1.54, 1.807) is 0 Å². The first-order valence-electron chi connectivity index (χ1n) is 5.74. The summed E-state index contributed by atoms with van der Waals surface area (Å²) in [6, 6.07) is 13.8. The third-order valence-electron chi connectivity index (χ3n) is 3.07. The maximum absolute atomic E-state index is 11.1. The summed E-state index contributed by atoms with van der Waals surface area (Å²) in [5, 5.41) is 0. The van der Waals surface area contributed by atoms with Crippen molar-refractivity contribution in [3.8, 4) is 11.1 Å². The van der Waals surface area contributed by atoms with E-state index in [0.717, 1.165) is 28.5 Å². The van der Waals surface area contributed by atoms with Crippen LogP contribution < -0.4 is 0 Å². The van der Waals surface area contributed by atoms with Gasteiger partial charge in [-0.25, -0.2) is 0 Å². The van der Waals surface area contributed by atoms with Gasteiger partial charge in [-0.15, -0.1) is 0 Å². The lowest BCUT2D eigenvalue weighted by Gasteiger charge is -2.06. The molecule has 2 aromatic rings. The topological polar surface area (TPSA) is 29.6 Å². The molecule has 0 saturated carbocycles. The second-order valence-electron chi connectivity index (χ2n) is 4.29. The smallest absolute Gasteiger partial charge is 0.150 e. The molecule has 0 aliphatic carbocycles. The van der Waals surface area contributed by atoms with Crippen molar-refractivity contribution in [3.05, 3.63) is 58.1 Å². The van der Waals surface area contributed by atoms with Crippen molar-refractivity contribution in [1.82, 2.24) is 0 Å². The lowest BCUT2D eigenvalue weighted by Crippen LogP contribution is -1.88. The molecule has 1 saturated heterocycles. The first-order chi connectivity index (χ1) is 8.78. The number of carbonyl (C=O) groups is 1. The Morgan fingerprint density at radius 2 is 1.89 bits per heavy atom. The normalized spacial score (nSPS) is 17.5. The van der Waals surface area contributed by atoms with E-state index in [-0.39, 0.29) is 6.10 Å². The molecule has 18 heavy (non-hydrogen) atoms.